The Hall–Kier alpha value is -1.73. The number of nitrogens with two attached hydrogens (primary N) is 1. The quantitative estimate of drug-likeness (QED) is 0.781. The molecule has 1 amide bonds. The van der Waals surface area contributed by atoms with Gasteiger partial charge in [0.05, 0.1) is 13.2 Å². The molecule has 1 atom stereocenters. The monoisotopic (exact) mass is 294 g/mol. The molecule has 0 aromatic carbocycles. The highest BCUT2D eigenvalue weighted by Crippen LogP contribution is 2.10. The fraction of sp³-hybridized carbons (Fsp3) is 0.462. The van der Waals surface area contributed by atoms with Crippen molar-refractivity contribution in [1.29, 1.82) is 0 Å². The molecule has 1 fully saturated rings. The fourth-order valence-electron chi connectivity index (χ4n) is 2.00. The van der Waals surface area contributed by atoms with Crippen LogP contribution in [0.3, 0.4) is 0 Å². The van der Waals surface area contributed by atoms with Gasteiger partial charge in [0.1, 0.15) is 16.8 Å². The van der Waals surface area contributed by atoms with Gasteiger partial charge in [0, 0.05) is 24.8 Å². The summed E-state index contributed by atoms with van der Waals surface area (Å²) in [5.41, 5.74) is 6.30. The second kappa shape index (κ2) is 6.62. The Morgan fingerprint density at radius 1 is 1.55 bits per heavy atom. The first-order valence-electron chi connectivity index (χ1n) is 6.47. The number of aromatic nitrogens is 1. The maximum absolute atomic E-state index is 12.3. The van der Waals surface area contributed by atoms with Gasteiger partial charge in [-0.2, -0.15) is 0 Å². The van der Waals surface area contributed by atoms with Gasteiger partial charge in [-0.25, -0.2) is 4.98 Å². The molecule has 0 spiro atoms. The second-order valence-corrected chi connectivity index (χ2v) is 5.04. The largest absolute Gasteiger partial charge is 0.389 e. The zero-order chi connectivity index (χ0) is 14.5. The number of carbonyl (C=O) groups is 1. The van der Waals surface area contributed by atoms with E-state index in [1.54, 1.807) is 23.2 Å². The minimum absolute atomic E-state index is 0.0378. The van der Waals surface area contributed by atoms with E-state index < -0.39 is 0 Å². The van der Waals surface area contributed by atoms with E-state index >= 15 is 0 Å². The van der Waals surface area contributed by atoms with E-state index in [1.165, 1.54) is 0 Å². The summed E-state index contributed by atoms with van der Waals surface area (Å²) >= 11 is 4.92. The Morgan fingerprint density at radius 2 is 2.25 bits per heavy atom. The lowest BCUT2D eigenvalue weighted by molar-refractivity contribution is -0.135. The van der Waals surface area contributed by atoms with Crippen LogP contribution in [-0.2, 0) is 9.53 Å². The van der Waals surface area contributed by atoms with Crippen LogP contribution in [0.1, 0.15) is 12.5 Å². The zero-order valence-corrected chi connectivity index (χ0v) is 12.2. The Morgan fingerprint density at radius 3 is 2.90 bits per heavy atom. The molecule has 1 aliphatic rings. The Balaban J connectivity index is 1.99. The van der Waals surface area contributed by atoms with Crippen molar-refractivity contribution in [2.75, 3.05) is 31.6 Å². The van der Waals surface area contributed by atoms with Gasteiger partial charge in [-0.1, -0.05) is 12.2 Å². The molecule has 1 saturated heterocycles. The molecule has 0 bridgehead atoms. The number of hydrogen-bond donors (Lipinski definition) is 2. The molecule has 1 aromatic heterocycles. The summed E-state index contributed by atoms with van der Waals surface area (Å²) in [6.45, 7) is 4.25. The van der Waals surface area contributed by atoms with Crippen molar-refractivity contribution >= 4 is 28.9 Å². The van der Waals surface area contributed by atoms with Crippen molar-refractivity contribution in [3.63, 3.8) is 0 Å². The topological polar surface area (TPSA) is 80.5 Å². The summed E-state index contributed by atoms with van der Waals surface area (Å²) in [5.74, 6) is 0.625. The Bertz CT molecular complexity index is 503. The molecule has 20 heavy (non-hydrogen) atoms. The highest BCUT2D eigenvalue weighted by molar-refractivity contribution is 7.80. The molecule has 0 aliphatic carbocycles. The van der Waals surface area contributed by atoms with Crippen LogP contribution in [0.5, 0.6) is 0 Å². The third-order valence-electron chi connectivity index (χ3n) is 3.10. The molecule has 6 nitrogen and oxygen atoms in total. The third-order valence-corrected chi connectivity index (χ3v) is 3.34. The molecular weight excluding hydrogens is 276 g/mol. The molecule has 2 rings (SSSR count). The number of ether oxygens (including phenoxy) is 1. The average Bonchev–Trinajstić information content (AvgIpc) is 2.47. The standard InChI is InChI=1S/C13H18N4O2S/c1-9(13(18)17-4-6-19-7-5-17)16-11-8-10(12(14)20)2-3-15-11/h2-3,8-9H,4-7H2,1H3,(H2,14,20)(H,15,16). The average molecular weight is 294 g/mol. The van der Waals surface area contributed by atoms with Crippen LogP contribution < -0.4 is 11.1 Å². The van der Waals surface area contributed by atoms with Crippen LogP contribution in [0, 0.1) is 0 Å². The SMILES string of the molecule is CC(Nc1cc(C(N)=S)ccn1)C(=O)N1CCOCC1. The normalized spacial score (nSPS) is 16.6. The van der Waals surface area contributed by atoms with Gasteiger partial charge in [0.15, 0.2) is 0 Å². The third kappa shape index (κ3) is 3.64. The van der Waals surface area contributed by atoms with Gasteiger partial charge in [-0.05, 0) is 19.1 Å². The summed E-state index contributed by atoms with van der Waals surface area (Å²) in [7, 11) is 0. The molecule has 7 heteroatoms. The lowest BCUT2D eigenvalue weighted by atomic mass is 10.2. The molecule has 0 saturated carbocycles. The predicted molar refractivity (Wildman–Crippen MR) is 80.6 cm³/mol. The molecule has 108 valence electrons. The van der Waals surface area contributed by atoms with Crippen LogP contribution in [0.2, 0.25) is 0 Å². The maximum atomic E-state index is 12.3. The van der Waals surface area contributed by atoms with Gasteiger partial charge in [0.2, 0.25) is 5.91 Å². The summed E-state index contributed by atoms with van der Waals surface area (Å²) in [6.07, 6.45) is 1.61. The summed E-state index contributed by atoms with van der Waals surface area (Å²) < 4.78 is 5.24. The molecule has 3 N–H and O–H groups in total. The van der Waals surface area contributed by atoms with Gasteiger partial charge in [-0.15, -0.1) is 0 Å². The molecular formula is C13H18N4O2S. The summed E-state index contributed by atoms with van der Waals surface area (Å²) in [6, 6.07) is 3.12. The maximum Gasteiger partial charge on any atom is 0.244 e. The summed E-state index contributed by atoms with van der Waals surface area (Å²) in [4.78, 5) is 18.5. The lowest BCUT2D eigenvalue weighted by Gasteiger charge is -2.29. The highest BCUT2D eigenvalue weighted by Gasteiger charge is 2.22. The highest BCUT2D eigenvalue weighted by atomic mass is 32.1. The number of thiocarbonyl (C=S) groups is 1. The number of amides is 1. The van der Waals surface area contributed by atoms with E-state index in [9.17, 15) is 4.79 Å². The van der Waals surface area contributed by atoms with Crippen molar-refractivity contribution in [1.82, 2.24) is 9.88 Å². The van der Waals surface area contributed by atoms with Gasteiger partial charge >= 0.3 is 0 Å². The Labute approximate surface area is 123 Å². The number of nitrogens with one attached hydrogen (secondary N) is 1. The number of hydrogen-bond acceptors (Lipinski definition) is 5. The minimum atomic E-state index is -0.359. The number of nitrogens with zero attached hydrogens (tertiary/aromatic N) is 2. The van der Waals surface area contributed by atoms with Crippen molar-refractivity contribution in [2.24, 2.45) is 5.73 Å². The first-order chi connectivity index (χ1) is 9.58. The molecule has 2 heterocycles. The van der Waals surface area contributed by atoms with E-state index in [4.69, 9.17) is 22.7 Å². The van der Waals surface area contributed by atoms with Crippen LogP contribution in [0.4, 0.5) is 5.82 Å². The van der Waals surface area contributed by atoms with Crippen molar-refractivity contribution in [3.05, 3.63) is 23.9 Å². The number of carbonyl (C=O) groups excluding carboxylic acids is 1. The van der Waals surface area contributed by atoms with E-state index in [2.05, 4.69) is 10.3 Å². The van der Waals surface area contributed by atoms with Gasteiger partial charge in [0.25, 0.3) is 0 Å². The van der Waals surface area contributed by atoms with Crippen molar-refractivity contribution in [3.8, 4) is 0 Å². The number of rotatable bonds is 4. The van der Waals surface area contributed by atoms with E-state index in [1.807, 2.05) is 6.92 Å². The fourth-order valence-corrected chi connectivity index (χ4v) is 2.13. The molecule has 1 aromatic rings. The molecule has 1 unspecified atom stereocenters. The first kappa shape index (κ1) is 14.7. The number of pyridine rings is 1. The summed E-state index contributed by atoms with van der Waals surface area (Å²) in [5, 5.41) is 3.08. The van der Waals surface area contributed by atoms with Gasteiger partial charge in [-0.3, -0.25) is 4.79 Å². The second-order valence-electron chi connectivity index (χ2n) is 4.60. The van der Waals surface area contributed by atoms with Gasteiger partial charge < -0.3 is 20.7 Å². The Kier molecular flexibility index (Phi) is 4.86. The minimum Gasteiger partial charge on any atom is -0.389 e. The predicted octanol–water partition coefficient (Wildman–Crippen LogP) is 0.375. The lowest BCUT2D eigenvalue weighted by Crippen LogP contribution is -2.47. The van der Waals surface area contributed by atoms with E-state index in [-0.39, 0.29) is 11.9 Å². The number of anilines is 1. The van der Waals surface area contributed by atoms with Crippen LogP contribution in [0.25, 0.3) is 0 Å². The van der Waals surface area contributed by atoms with Crippen molar-refractivity contribution < 1.29 is 9.53 Å². The van der Waals surface area contributed by atoms with E-state index in [0.717, 1.165) is 5.56 Å². The molecule has 0 radical (unpaired) electrons. The molecule has 1 aliphatic heterocycles. The smallest absolute Gasteiger partial charge is 0.244 e. The first-order valence-corrected chi connectivity index (χ1v) is 6.87. The van der Waals surface area contributed by atoms with Crippen LogP contribution >= 0.6 is 12.2 Å². The van der Waals surface area contributed by atoms with Crippen molar-refractivity contribution in [2.45, 2.75) is 13.0 Å². The zero-order valence-electron chi connectivity index (χ0n) is 11.3. The number of morpholine rings is 1. The van der Waals surface area contributed by atoms with Crippen LogP contribution in [-0.4, -0.2) is 53.1 Å². The van der Waals surface area contributed by atoms with E-state index in [0.29, 0.717) is 37.1 Å². The van der Waals surface area contributed by atoms with Crippen LogP contribution in [0.15, 0.2) is 18.3 Å².